The molecule has 0 amide bonds. The fraction of sp³-hybridized carbons (Fsp3) is 0.344. The van der Waals surface area contributed by atoms with Crippen LogP contribution in [0.15, 0.2) is 102 Å². The number of Topliss-reactive ketones (excluding diaryl/α,β-unsaturated/α-hetero) is 1. The molecule has 2 heteroatoms. The Hall–Kier alpha value is -3.13. The number of hydrogen-bond acceptors (Lipinski definition) is 2. The minimum Gasteiger partial charge on any atom is -0.348 e. The molecule has 0 saturated carbocycles. The van der Waals surface area contributed by atoms with Crippen molar-refractivity contribution in [1.82, 2.24) is 0 Å². The lowest BCUT2D eigenvalue weighted by atomic mass is 9.72. The zero-order valence-corrected chi connectivity index (χ0v) is 21.2. The molecule has 0 aromatic heterocycles. The predicted octanol–water partition coefficient (Wildman–Crippen LogP) is 7.90. The number of hydrogen-bond donors (Lipinski definition) is 0. The molecule has 1 atom stereocenters. The second-order valence-electron chi connectivity index (χ2n) is 11.1. The molecule has 0 saturated heterocycles. The number of nitrogens with zero attached hydrogens (tertiary/aromatic N) is 1. The van der Waals surface area contributed by atoms with E-state index in [0.29, 0.717) is 0 Å². The van der Waals surface area contributed by atoms with Gasteiger partial charge in [-0.25, -0.2) is 0 Å². The Balaban J connectivity index is 1.74. The second-order valence-corrected chi connectivity index (χ2v) is 11.1. The lowest BCUT2D eigenvalue weighted by Crippen LogP contribution is -2.36. The first-order valence-corrected chi connectivity index (χ1v) is 12.4. The quantitative estimate of drug-likeness (QED) is 0.460. The highest BCUT2D eigenvalue weighted by molar-refractivity contribution is 6.04. The normalized spacial score (nSPS) is 18.7. The molecule has 0 fully saturated rings. The van der Waals surface area contributed by atoms with Gasteiger partial charge in [0.15, 0.2) is 5.78 Å². The molecule has 2 aliphatic rings. The zero-order chi connectivity index (χ0) is 24.3. The number of rotatable bonds is 5. The number of carbonyl (C=O) groups is 1. The van der Waals surface area contributed by atoms with E-state index in [4.69, 9.17) is 0 Å². The maximum Gasteiger partial charge on any atom is 0.172 e. The van der Waals surface area contributed by atoms with Crippen LogP contribution in [0, 0.1) is 5.41 Å². The van der Waals surface area contributed by atoms with Crippen molar-refractivity contribution in [1.29, 1.82) is 0 Å². The van der Waals surface area contributed by atoms with Crippen molar-refractivity contribution in [2.45, 2.75) is 58.8 Å². The minimum atomic E-state index is -0.311. The van der Waals surface area contributed by atoms with Gasteiger partial charge in [-0.15, -0.1) is 0 Å². The topological polar surface area (TPSA) is 20.3 Å². The van der Waals surface area contributed by atoms with Crippen molar-refractivity contribution in [3.8, 4) is 0 Å². The molecule has 0 radical (unpaired) electrons. The molecule has 0 bridgehead atoms. The Morgan fingerprint density at radius 2 is 1.68 bits per heavy atom. The van der Waals surface area contributed by atoms with E-state index in [1.165, 1.54) is 5.56 Å². The first-order valence-electron chi connectivity index (χ1n) is 12.4. The van der Waals surface area contributed by atoms with Crippen LogP contribution in [-0.2, 0) is 10.2 Å². The van der Waals surface area contributed by atoms with E-state index in [9.17, 15) is 4.79 Å². The van der Waals surface area contributed by atoms with Gasteiger partial charge in [-0.2, -0.15) is 0 Å². The van der Waals surface area contributed by atoms with Gasteiger partial charge in [0.25, 0.3) is 0 Å². The van der Waals surface area contributed by atoms with Crippen LogP contribution in [0.25, 0.3) is 0 Å². The first kappa shape index (κ1) is 24.0. The third-order valence-corrected chi connectivity index (χ3v) is 7.06. The smallest absolute Gasteiger partial charge is 0.172 e. The summed E-state index contributed by atoms with van der Waals surface area (Å²) in [5, 5.41) is 0. The van der Waals surface area contributed by atoms with Crippen molar-refractivity contribution in [2.75, 3.05) is 11.4 Å². The van der Waals surface area contributed by atoms with Crippen molar-refractivity contribution in [3.63, 3.8) is 0 Å². The van der Waals surface area contributed by atoms with Crippen molar-refractivity contribution >= 4 is 11.5 Å². The second kappa shape index (κ2) is 9.62. The predicted molar refractivity (Wildman–Crippen MR) is 144 cm³/mol. The molecule has 0 N–H and O–H groups in total. The number of anilines is 1. The highest BCUT2D eigenvalue weighted by Crippen LogP contribution is 2.41. The molecular formula is C32H37NO. The van der Waals surface area contributed by atoms with E-state index < -0.39 is 0 Å². The van der Waals surface area contributed by atoms with E-state index in [1.807, 2.05) is 18.2 Å². The monoisotopic (exact) mass is 451 g/mol. The van der Waals surface area contributed by atoms with Crippen LogP contribution in [0.1, 0.15) is 64.5 Å². The minimum absolute atomic E-state index is 0.122. The van der Waals surface area contributed by atoms with Gasteiger partial charge in [0.1, 0.15) is 0 Å². The summed E-state index contributed by atoms with van der Waals surface area (Å²) in [6.07, 6.45) is 14.5. The third-order valence-electron chi connectivity index (χ3n) is 7.06. The number of benzene rings is 2. The molecule has 176 valence electrons. The maximum absolute atomic E-state index is 14.3. The molecule has 4 rings (SSSR count). The Morgan fingerprint density at radius 1 is 0.971 bits per heavy atom. The Bertz CT molecular complexity index is 1140. The van der Waals surface area contributed by atoms with Crippen LogP contribution in [0.3, 0.4) is 0 Å². The van der Waals surface area contributed by atoms with E-state index in [2.05, 4.69) is 112 Å². The van der Waals surface area contributed by atoms with Crippen LogP contribution >= 0.6 is 0 Å². The van der Waals surface area contributed by atoms with Gasteiger partial charge < -0.3 is 4.90 Å². The average molecular weight is 452 g/mol. The fourth-order valence-electron chi connectivity index (χ4n) is 4.77. The Morgan fingerprint density at radius 3 is 2.35 bits per heavy atom. The maximum atomic E-state index is 14.3. The van der Waals surface area contributed by atoms with Crippen LogP contribution < -0.4 is 4.90 Å². The standard InChI is InChI=1S/C32H37NO/c1-31(2,3)26-17-19-27(20-18-26)33-22-21-32(4,5)28(23-33)30(34)29(25-15-11-8-12-16-25)24-13-9-6-7-10-14-24/h6,8-20,23,29H,7,21-22H2,1-5H3. The van der Waals surface area contributed by atoms with Crippen LogP contribution in [0.5, 0.6) is 0 Å². The Kier molecular flexibility index (Phi) is 6.79. The van der Waals surface area contributed by atoms with Crippen molar-refractivity contribution < 1.29 is 4.79 Å². The number of carbonyl (C=O) groups excluding carboxylic acids is 1. The van der Waals surface area contributed by atoms with E-state index in [1.54, 1.807) is 0 Å². The molecule has 1 unspecified atom stereocenters. The molecule has 2 aromatic rings. The highest BCUT2D eigenvalue weighted by atomic mass is 16.1. The molecular weight excluding hydrogens is 414 g/mol. The van der Waals surface area contributed by atoms with E-state index >= 15 is 0 Å². The van der Waals surface area contributed by atoms with Gasteiger partial charge in [0.2, 0.25) is 0 Å². The molecule has 2 nitrogen and oxygen atoms in total. The summed E-state index contributed by atoms with van der Waals surface area (Å²) in [5.41, 5.74) is 5.39. The van der Waals surface area contributed by atoms with Crippen LogP contribution in [0.2, 0.25) is 0 Å². The lowest BCUT2D eigenvalue weighted by molar-refractivity contribution is -0.117. The number of ketones is 1. The van der Waals surface area contributed by atoms with Crippen LogP contribution in [0.4, 0.5) is 5.69 Å². The average Bonchev–Trinajstić information content (AvgIpc) is 3.09. The summed E-state index contributed by atoms with van der Waals surface area (Å²) in [4.78, 5) is 16.5. The van der Waals surface area contributed by atoms with Crippen LogP contribution in [-0.4, -0.2) is 12.3 Å². The SMILES string of the molecule is CC1(C)CCN(c2ccc(C(C)(C)C)cc2)C=C1C(=O)C(C1=CC=CCC=C1)c1ccccc1. The first-order chi connectivity index (χ1) is 16.2. The molecule has 1 aliphatic carbocycles. The summed E-state index contributed by atoms with van der Waals surface area (Å²) in [7, 11) is 0. The molecule has 0 spiro atoms. The van der Waals surface area contributed by atoms with Gasteiger partial charge in [-0.3, -0.25) is 4.79 Å². The highest BCUT2D eigenvalue weighted by Gasteiger charge is 2.37. The molecule has 34 heavy (non-hydrogen) atoms. The lowest BCUT2D eigenvalue weighted by Gasteiger charge is -2.38. The summed E-state index contributed by atoms with van der Waals surface area (Å²) in [5.74, 6) is -0.118. The van der Waals surface area contributed by atoms with Crippen molar-refractivity contribution in [3.05, 3.63) is 113 Å². The summed E-state index contributed by atoms with van der Waals surface area (Å²) in [6, 6.07) is 19.0. The third kappa shape index (κ3) is 5.17. The largest absolute Gasteiger partial charge is 0.348 e. The summed E-state index contributed by atoms with van der Waals surface area (Å²) in [6.45, 7) is 12.0. The van der Waals surface area contributed by atoms with Gasteiger partial charge in [0.05, 0.1) is 5.92 Å². The van der Waals surface area contributed by atoms with Crippen molar-refractivity contribution in [2.24, 2.45) is 5.41 Å². The Labute approximate surface area is 205 Å². The van der Waals surface area contributed by atoms with Gasteiger partial charge in [0, 0.05) is 24.0 Å². The molecule has 1 aliphatic heterocycles. The molecule has 1 heterocycles. The summed E-state index contributed by atoms with van der Waals surface area (Å²) >= 11 is 0. The van der Waals surface area contributed by atoms with E-state index in [-0.39, 0.29) is 22.5 Å². The van der Waals surface area contributed by atoms with E-state index in [0.717, 1.165) is 41.8 Å². The van der Waals surface area contributed by atoms with Gasteiger partial charge >= 0.3 is 0 Å². The van der Waals surface area contributed by atoms with Gasteiger partial charge in [-0.1, -0.05) is 107 Å². The molecule has 2 aromatic carbocycles. The van der Waals surface area contributed by atoms with Gasteiger partial charge in [-0.05, 0) is 52.5 Å². The fourth-order valence-corrected chi connectivity index (χ4v) is 4.77. The summed E-state index contributed by atoms with van der Waals surface area (Å²) < 4.78 is 0. The number of allylic oxidation sites excluding steroid dienone is 7. The zero-order valence-electron chi connectivity index (χ0n) is 21.2.